The molecule has 3 aromatic rings. The summed E-state index contributed by atoms with van der Waals surface area (Å²) in [6, 6.07) is 11.9. The van der Waals surface area contributed by atoms with E-state index in [0.717, 1.165) is 20.1 Å². The van der Waals surface area contributed by atoms with Crippen molar-refractivity contribution in [3.05, 3.63) is 62.6 Å². The fraction of sp³-hybridized carbons (Fsp3) is 0.176. The van der Waals surface area contributed by atoms with Crippen molar-refractivity contribution in [2.75, 3.05) is 18.9 Å². The van der Waals surface area contributed by atoms with Gasteiger partial charge < -0.3 is 10.2 Å². The number of hydrogen-bond donors (Lipinski definition) is 2. The van der Waals surface area contributed by atoms with Gasteiger partial charge in [-0.05, 0) is 18.2 Å². The molecule has 0 saturated carbocycles. The Balaban J connectivity index is 1.59. The minimum atomic E-state index is -0.534. The Hall–Kier alpha value is -2.55. The quantitative estimate of drug-likeness (QED) is 0.499. The topological polar surface area (TPSA) is 89.6 Å². The highest BCUT2D eigenvalue weighted by molar-refractivity contribution is 7.18. The minimum Gasteiger partial charge on any atom is -0.324 e. The third-order valence-corrected chi connectivity index (χ3v) is 5.04. The van der Waals surface area contributed by atoms with Crippen LogP contribution in [0, 0.1) is 10.1 Å². The number of likely N-dealkylation sites (N-methyl/N-ethyl adjacent to an activating group) is 1. The van der Waals surface area contributed by atoms with Gasteiger partial charge in [0.05, 0.1) is 32.9 Å². The minimum absolute atomic E-state index is 0.119. The van der Waals surface area contributed by atoms with E-state index in [4.69, 9.17) is 11.6 Å². The lowest BCUT2D eigenvalue weighted by Crippen LogP contribution is -3.08. The van der Waals surface area contributed by atoms with Crippen LogP contribution in [-0.4, -0.2) is 29.4 Å². The average Bonchev–Trinajstić information content (AvgIpc) is 2.98. The van der Waals surface area contributed by atoms with Crippen LogP contribution >= 0.6 is 22.9 Å². The molecule has 26 heavy (non-hydrogen) atoms. The molecular weight excluding hydrogens is 376 g/mol. The highest BCUT2D eigenvalue weighted by Crippen LogP contribution is 2.26. The molecular formula is C17H16ClN4O3S+. The first-order valence-electron chi connectivity index (χ1n) is 7.82. The van der Waals surface area contributed by atoms with Gasteiger partial charge in [0.15, 0.2) is 6.54 Å². The monoisotopic (exact) mass is 391 g/mol. The molecule has 0 radical (unpaired) electrons. The summed E-state index contributed by atoms with van der Waals surface area (Å²) in [5.41, 5.74) is 1.20. The predicted molar refractivity (Wildman–Crippen MR) is 102 cm³/mol. The summed E-state index contributed by atoms with van der Waals surface area (Å²) in [6.07, 6.45) is 0. The number of aromatic nitrogens is 1. The van der Waals surface area contributed by atoms with Crippen LogP contribution in [0.25, 0.3) is 10.2 Å². The summed E-state index contributed by atoms with van der Waals surface area (Å²) in [5, 5.41) is 14.5. The number of anilines is 1. The SMILES string of the molecule is C[NH+](CC(=O)Nc1ccc([N+](=O)[O-])cc1Cl)Cc1nc2ccccc2s1. The van der Waals surface area contributed by atoms with Crippen molar-refractivity contribution in [2.24, 2.45) is 0 Å². The molecule has 1 aromatic heterocycles. The van der Waals surface area contributed by atoms with Crippen LogP contribution in [0.3, 0.4) is 0 Å². The van der Waals surface area contributed by atoms with Crippen molar-refractivity contribution < 1.29 is 14.6 Å². The van der Waals surface area contributed by atoms with Crippen LogP contribution < -0.4 is 10.2 Å². The van der Waals surface area contributed by atoms with Crippen LogP contribution in [0.2, 0.25) is 5.02 Å². The number of para-hydroxylation sites is 1. The van der Waals surface area contributed by atoms with Gasteiger partial charge in [-0.15, -0.1) is 11.3 Å². The van der Waals surface area contributed by atoms with Crippen molar-refractivity contribution in [1.82, 2.24) is 4.98 Å². The third kappa shape index (κ3) is 4.34. The molecule has 1 amide bonds. The Kier molecular flexibility index (Phi) is 5.46. The zero-order chi connectivity index (χ0) is 18.7. The maximum absolute atomic E-state index is 12.2. The predicted octanol–water partition coefficient (Wildman–Crippen LogP) is 2.51. The van der Waals surface area contributed by atoms with Crippen LogP contribution in [0.4, 0.5) is 11.4 Å². The first kappa shape index (κ1) is 18.2. The van der Waals surface area contributed by atoms with Gasteiger partial charge in [-0.1, -0.05) is 23.7 Å². The Labute approximate surface area is 158 Å². The van der Waals surface area contributed by atoms with Crippen molar-refractivity contribution in [1.29, 1.82) is 0 Å². The van der Waals surface area contributed by atoms with Gasteiger partial charge in [-0.25, -0.2) is 4.98 Å². The number of non-ortho nitro benzene ring substituents is 1. The Morgan fingerprint density at radius 2 is 2.12 bits per heavy atom. The second kappa shape index (κ2) is 7.77. The van der Waals surface area contributed by atoms with Gasteiger partial charge in [-0.2, -0.15) is 0 Å². The van der Waals surface area contributed by atoms with Crippen molar-refractivity contribution >= 4 is 50.4 Å². The summed E-state index contributed by atoms with van der Waals surface area (Å²) in [7, 11) is 1.91. The molecule has 2 aromatic carbocycles. The lowest BCUT2D eigenvalue weighted by atomic mass is 10.3. The van der Waals surface area contributed by atoms with E-state index >= 15 is 0 Å². The van der Waals surface area contributed by atoms with E-state index in [1.54, 1.807) is 11.3 Å². The number of nitro benzene ring substituents is 1. The Morgan fingerprint density at radius 1 is 1.35 bits per heavy atom. The molecule has 0 aliphatic carbocycles. The number of rotatable bonds is 6. The molecule has 0 spiro atoms. The normalized spacial score (nSPS) is 12.1. The number of carbonyl (C=O) groups excluding carboxylic acids is 1. The highest BCUT2D eigenvalue weighted by Gasteiger charge is 2.16. The summed E-state index contributed by atoms with van der Waals surface area (Å²) < 4.78 is 1.12. The van der Waals surface area contributed by atoms with Gasteiger partial charge in [0.1, 0.15) is 11.6 Å². The summed E-state index contributed by atoms with van der Waals surface area (Å²) in [5.74, 6) is -0.223. The third-order valence-electron chi connectivity index (χ3n) is 3.69. The molecule has 0 bridgehead atoms. The summed E-state index contributed by atoms with van der Waals surface area (Å²) >= 11 is 7.61. The maximum atomic E-state index is 12.2. The lowest BCUT2D eigenvalue weighted by molar-refractivity contribution is -0.885. The van der Waals surface area contributed by atoms with Crippen molar-refractivity contribution in [2.45, 2.75) is 6.54 Å². The number of nitrogens with zero attached hydrogens (tertiary/aromatic N) is 2. The average molecular weight is 392 g/mol. The highest BCUT2D eigenvalue weighted by atomic mass is 35.5. The molecule has 0 aliphatic heterocycles. The molecule has 1 heterocycles. The number of fused-ring (bicyclic) bond motifs is 1. The molecule has 2 N–H and O–H groups in total. The Morgan fingerprint density at radius 3 is 2.81 bits per heavy atom. The van der Waals surface area contributed by atoms with Crippen LogP contribution in [0.15, 0.2) is 42.5 Å². The largest absolute Gasteiger partial charge is 0.324 e. The number of benzene rings is 2. The number of halogens is 1. The molecule has 3 rings (SSSR count). The zero-order valence-corrected chi connectivity index (χ0v) is 15.4. The van der Waals surface area contributed by atoms with E-state index in [1.165, 1.54) is 18.2 Å². The van der Waals surface area contributed by atoms with Crippen LogP contribution in [0.5, 0.6) is 0 Å². The van der Waals surface area contributed by atoms with E-state index in [2.05, 4.69) is 10.3 Å². The Bertz CT molecular complexity index is 943. The second-order valence-corrected chi connectivity index (χ2v) is 7.38. The first-order chi connectivity index (χ1) is 12.4. The number of quaternary nitrogens is 1. The van der Waals surface area contributed by atoms with E-state index in [9.17, 15) is 14.9 Å². The molecule has 134 valence electrons. The fourth-order valence-electron chi connectivity index (χ4n) is 2.50. The number of hydrogen-bond acceptors (Lipinski definition) is 5. The second-order valence-electron chi connectivity index (χ2n) is 5.86. The number of nitrogens with one attached hydrogen (secondary N) is 2. The number of nitro groups is 1. The molecule has 0 saturated heterocycles. The molecule has 7 nitrogen and oxygen atoms in total. The lowest BCUT2D eigenvalue weighted by Gasteiger charge is -2.13. The maximum Gasteiger partial charge on any atom is 0.279 e. The summed E-state index contributed by atoms with van der Waals surface area (Å²) in [4.78, 5) is 27.9. The zero-order valence-electron chi connectivity index (χ0n) is 13.9. The van der Waals surface area contributed by atoms with Gasteiger partial charge in [0, 0.05) is 12.1 Å². The van der Waals surface area contributed by atoms with E-state index < -0.39 is 4.92 Å². The van der Waals surface area contributed by atoms with E-state index in [-0.39, 0.29) is 23.2 Å². The smallest absolute Gasteiger partial charge is 0.279 e. The van der Waals surface area contributed by atoms with Crippen LogP contribution in [-0.2, 0) is 11.3 Å². The fourth-order valence-corrected chi connectivity index (χ4v) is 3.81. The standard InChI is InChI=1S/C17H15ClN4O3S/c1-21(10-17-20-14-4-2-3-5-15(14)26-17)9-16(23)19-13-7-6-11(22(24)25)8-12(13)18/h2-8H,9-10H2,1H3,(H,19,23)/p+1. The van der Waals surface area contributed by atoms with Gasteiger partial charge in [-0.3, -0.25) is 14.9 Å². The van der Waals surface area contributed by atoms with Gasteiger partial charge in [0.25, 0.3) is 11.6 Å². The van der Waals surface area contributed by atoms with Gasteiger partial charge >= 0.3 is 0 Å². The van der Waals surface area contributed by atoms with Crippen molar-refractivity contribution in [3.8, 4) is 0 Å². The number of thiazole rings is 1. The van der Waals surface area contributed by atoms with E-state index in [0.29, 0.717) is 12.2 Å². The van der Waals surface area contributed by atoms with Gasteiger partial charge in [0.2, 0.25) is 0 Å². The summed E-state index contributed by atoms with van der Waals surface area (Å²) in [6.45, 7) is 0.851. The van der Waals surface area contributed by atoms with E-state index in [1.807, 2.05) is 31.3 Å². The number of carbonyl (C=O) groups is 1. The van der Waals surface area contributed by atoms with Crippen LogP contribution in [0.1, 0.15) is 5.01 Å². The number of amides is 1. The molecule has 1 unspecified atom stereocenters. The first-order valence-corrected chi connectivity index (χ1v) is 9.01. The molecule has 0 fully saturated rings. The molecule has 9 heteroatoms. The molecule has 1 atom stereocenters. The van der Waals surface area contributed by atoms with Crippen molar-refractivity contribution in [3.63, 3.8) is 0 Å². The molecule has 0 aliphatic rings.